The van der Waals surface area contributed by atoms with Crippen LogP contribution in [0.15, 0.2) is 47.4 Å². The Bertz CT molecular complexity index is 2690. The molecule has 2 saturated heterocycles. The fraction of sp³-hybridized carbons (Fsp3) is 0.500. The number of pyridine rings is 1. The number of rotatable bonds is 8. The van der Waals surface area contributed by atoms with Crippen molar-refractivity contribution in [2.24, 2.45) is 30.8 Å². The zero-order valence-electron chi connectivity index (χ0n) is 34.6. The highest BCUT2D eigenvalue weighted by molar-refractivity contribution is 6.33. The number of alkyl halides is 2. The fourth-order valence-corrected chi connectivity index (χ4v) is 10.6. The number of ether oxygens (including phenoxy) is 1. The Morgan fingerprint density at radius 1 is 1.00 bits per heavy atom. The number of fused-ring (bicyclic) bond motifs is 4. The summed E-state index contributed by atoms with van der Waals surface area (Å²) >= 11 is 6.67. The Balaban J connectivity index is 0.837. The number of hydrogen-bond donors (Lipinski definition) is 4. The number of aromatic nitrogens is 5. The number of nitrogens with zero attached hydrogens (tertiary/aromatic N) is 6. The maximum atomic E-state index is 15.2. The molecule has 3 aliphatic heterocycles. The van der Waals surface area contributed by atoms with Gasteiger partial charge in [0.25, 0.3) is 5.56 Å². The number of benzene rings is 2. The van der Waals surface area contributed by atoms with Gasteiger partial charge in [0.05, 0.1) is 40.6 Å². The zero-order chi connectivity index (χ0) is 42.6. The molecule has 5 aromatic rings. The molecule has 2 aromatic carbocycles. The van der Waals surface area contributed by atoms with Gasteiger partial charge in [-0.1, -0.05) is 25.4 Å². The summed E-state index contributed by atoms with van der Waals surface area (Å²) in [6, 6.07) is 10.7. The normalized spacial score (nSPS) is 25.6. The van der Waals surface area contributed by atoms with Crippen LogP contribution in [-0.2, 0) is 23.7 Å². The van der Waals surface area contributed by atoms with Gasteiger partial charge in [-0.2, -0.15) is 10.1 Å². The summed E-state index contributed by atoms with van der Waals surface area (Å²) in [6.45, 7) is 5.40. The van der Waals surface area contributed by atoms with Gasteiger partial charge >= 0.3 is 5.92 Å². The average Bonchev–Trinajstić information content (AvgIpc) is 4.03. The van der Waals surface area contributed by atoms with Gasteiger partial charge in [-0.25, -0.2) is 13.8 Å². The van der Waals surface area contributed by atoms with Crippen LogP contribution in [-0.4, -0.2) is 73.8 Å². The van der Waals surface area contributed by atoms with Crippen LogP contribution in [0, 0.1) is 16.7 Å². The maximum absolute atomic E-state index is 15.2. The third kappa shape index (κ3) is 6.81. The van der Waals surface area contributed by atoms with E-state index in [0.29, 0.717) is 64.8 Å². The lowest BCUT2D eigenvalue weighted by atomic mass is 9.56. The molecule has 4 atom stereocenters. The molecule has 1 spiro atoms. The van der Waals surface area contributed by atoms with Crippen molar-refractivity contribution in [2.45, 2.75) is 89.1 Å². The number of nitrogens with one attached hydrogen (secondary N) is 4. The molecule has 61 heavy (non-hydrogen) atoms. The van der Waals surface area contributed by atoms with Gasteiger partial charge in [0.1, 0.15) is 5.02 Å². The molecule has 4 N–H and O–H groups in total. The van der Waals surface area contributed by atoms with Gasteiger partial charge in [-0.15, -0.1) is 0 Å². The lowest BCUT2D eigenvalue weighted by Gasteiger charge is -2.59. The maximum Gasteiger partial charge on any atom is 0.301 e. The summed E-state index contributed by atoms with van der Waals surface area (Å²) in [5, 5.41) is 19.2. The van der Waals surface area contributed by atoms with Gasteiger partial charge in [-0.05, 0) is 92.7 Å². The lowest BCUT2D eigenvalue weighted by Crippen LogP contribution is -2.62. The molecule has 0 radical (unpaired) electrons. The molecule has 1 unspecified atom stereocenters. The van der Waals surface area contributed by atoms with Crippen LogP contribution in [0.1, 0.15) is 76.8 Å². The molecule has 0 bridgehead atoms. The highest BCUT2D eigenvalue weighted by Crippen LogP contribution is 2.54. The lowest BCUT2D eigenvalue weighted by molar-refractivity contribution is -0.134. The van der Waals surface area contributed by atoms with E-state index in [0.717, 1.165) is 55.4 Å². The van der Waals surface area contributed by atoms with Crippen molar-refractivity contribution >= 4 is 74.0 Å². The molecular weight excluding hydrogens is 806 g/mol. The van der Waals surface area contributed by atoms with E-state index in [-0.39, 0.29) is 46.0 Å². The molecule has 4 fully saturated rings. The van der Waals surface area contributed by atoms with Crippen LogP contribution in [0.5, 0.6) is 5.75 Å². The van der Waals surface area contributed by atoms with E-state index in [4.69, 9.17) is 26.4 Å². The number of anilines is 5. The summed E-state index contributed by atoms with van der Waals surface area (Å²) in [5.74, 6) is -3.43. The largest absolute Gasteiger partial charge is 0.480 e. The Morgan fingerprint density at radius 2 is 1.79 bits per heavy atom. The molecule has 10 rings (SSSR count). The average molecular weight is 855 g/mol. The summed E-state index contributed by atoms with van der Waals surface area (Å²) in [4.78, 5) is 49.4. The van der Waals surface area contributed by atoms with E-state index < -0.39 is 30.0 Å². The second-order valence-corrected chi connectivity index (χ2v) is 18.7. The first kappa shape index (κ1) is 39.6. The van der Waals surface area contributed by atoms with Gasteiger partial charge < -0.3 is 30.2 Å². The van der Waals surface area contributed by atoms with Gasteiger partial charge in [0, 0.05) is 67.2 Å². The molecule has 14 nitrogen and oxygen atoms in total. The molecular formula is C44H49ClF2N10O4. The minimum Gasteiger partial charge on any atom is -0.480 e. The Kier molecular flexibility index (Phi) is 9.27. The molecule has 320 valence electrons. The van der Waals surface area contributed by atoms with Gasteiger partial charge in [0.15, 0.2) is 12.4 Å². The van der Waals surface area contributed by atoms with E-state index in [2.05, 4.69) is 57.1 Å². The molecule has 2 amide bonds. The number of carbonyl (C=O) groups excluding carboxylic acids is 2. The molecule has 17 heteroatoms. The van der Waals surface area contributed by atoms with Crippen LogP contribution in [0.3, 0.4) is 0 Å². The van der Waals surface area contributed by atoms with Crippen molar-refractivity contribution in [2.75, 3.05) is 40.5 Å². The minimum atomic E-state index is -3.14. The van der Waals surface area contributed by atoms with Crippen molar-refractivity contribution < 1.29 is 23.1 Å². The number of amides is 2. The highest BCUT2D eigenvalue weighted by Gasteiger charge is 2.54. The first-order valence-electron chi connectivity index (χ1n) is 21.2. The van der Waals surface area contributed by atoms with Gasteiger partial charge in [-0.3, -0.25) is 24.4 Å². The Labute approximate surface area is 355 Å². The number of halogens is 3. The Hall–Kier alpha value is -5.51. The number of imide groups is 1. The zero-order valence-corrected chi connectivity index (χ0v) is 35.3. The molecule has 3 aromatic heterocycles. The summed E-state index contributed by atoms with van der Waals surface area (Å²) in [6.07, 6.45) is 7.82. The van der Waals surface area contributed by atoms with Crippen molar-refractivity contribution in [3.63, 3.8) is 0 Å². The molecule has 2 saturated carbocycles. The SMILES string of the molecule is CC[C@@]1(C)CC2(CC[C@@H]1Nc1ccc3c(C4CCC(=O)NC4=O)nn(C)c3c1)CN(c1ncc(Cl)c(Nc3ccc4c(c3)c3c(c(=O)n4C)OCC(F)(F)[C@H](C4CC4)N3)n1)C2. The topological polar surface area (TPSA) is 160 Å². The third-order valence-electron chi connectivity index (χ3n) is 14.1. The standard InChI is InChI=1S/C44H49ClF2N10O4/c1-5-42(2)19-43(15-14-32(42)49-25-8-10-26-31(17-25)56(4)54-34(26)27-11-13-33(58)51-39(27)59)20-57(21-43)41-48-18-29(45)38(53-41)50-24-9-12-30-28(16-24)35-36(40(60)55(30)3)61-22-44(46,47)37(52-35)23-6-7-23/h8-10,12,16-18,23,27,32,37,49,52H,5-7,11,13-15,19-22H2,1-4H3,(H,48,50,53)(H,51,58,59)/t27?,32-,37-,42-/m0/s1. The van der Waals surface area contributed by atoms with E-state index in [1.54, 1.807) is 31.4 Å². The second kappa shape index (κ2) is 14.3. The summed E-state index contributed by atoms with van der Waals surface area (Å²) in [5.41, 5.74) is 3.76. The predicted octanol–water partition coefficient (Wildman–Crippen LogP) is 7.24. The van der Waals surface area contributed by atoms with Crippen molar-refractivity contribution in [1.82, 2.24) is 29.6 Å². The van der Waals surface area contributed by atoms with Crippen LogP contribution < -0.4 is 36.5 Å². The second-order valence-electron chi connectivity index (χ2n) is 18.3. The number of aryl methyl sites for hydroxylation is 2. The predicted molar refractivity (Wildman–Crippen MR) is 230 cm³/mol. The van der Waals surface area contributed by atoms with Crippen molar-refractivity contribution in [3.8, 4) is 5.75 Å². The van der Waals surface area contributed by atoms with Crippen LogP contribution >= 0.6 is 11.6 Å². The van der Waals surface area contributed by atoms with E-state index in [1.807, 2.05) is 17.8 Å². The highest BCUT2D eigenvalue weighted by atomic mass is 35.5. The van der Waals surface area contributed by atoms with Crippen LogP contribution in [0.25, 0.3) is 21.8 Å². The first-order chi connectivity index (χ1) is 29.1. The van der Waals surface area contributed by atoms with Gasteiger partial charge in [0.2, 0.25) is 23.5 Å². The van der Waals surface area contributed by atoms with E-state index in [9.17, 15) is 14.4 Å². The van der Waals surface area contributed by atoms with E-state index >= 15 is 8.78 Å². The summed E-state index contributed by atoms with van der Waals surface area (Å²) < 4.78 is 39.2. The quantitative estimate of drug-likeness (QED) is 0.117. The number of carbonyl (C=O) groups is 2. The fourth-order valence-electron chi connectivity index (χ4n) is 10.5. The van der Waals surface area contributed by atoms with E-state index in [1.165, 1.54) is 4.57 Å². The minimum absolute atomic E-state index is 0.0173. The Morgan fingerprint density at radius 3 is 2.54 bits per heavy atom. The van der Waals surface area contributed by atoms with Crippen molar-refractivity contribution in [3.05, 3.63) is 63.7 Å². The van der Waals surface area contributed by atoms with Crippen LogP contribution in [0.4, 0.5) is 37.6 Å². The molecule has 5 aliphatic rings. The molecule has 2 aliphatic carbocycles. The van der Waals surface area contributed by atoms with Crippen molar-refractivity contribution in [1.29, 1.82) is 0 Å². The smallest absolute Gasteiger partial charge is 0.301 e. The van der Waals surface area contributed by atoms with Crippen LogP contribution in [0.2, 0.25) is 5.02 Å². The molecule has 6 heterocycles. The number of piperidine rings is 1. The first-order valence-corrected chi connectivity index (χ1v) is 21.6. The third-order valence-corrected chi connectivity index (χ3v) is 14.4. The summed E-state index contributed by atoms with van der Waals surface area (Å²) in [7, 11) is 3.49. The number of hydrogen-bond acceptors (Lipinski definition) is 11. The monoisotopic (exact) mass is 854 g/mol.